The first kappa shape index (κ1) is 24.9. The first-order chi connectivity index (χ1) is 16.4. The Hall–Kier alpha value is -3.23. The molecule has 1 amide bonds. The molecule has 0 aliphatic carbocycles. The first-order valence-electron chi connectivity index (χ1n) is 10.8. The normalized spacial score (nSPS) is 19.9. The van der Waals surface area contributed by atoms with Crippen LogP contribution in [0.1, 0.15) is 35.8 Å². The van der Waals surface area contributed by atoms with Gasteiger partial charge in [-0.25, -0.2) is 15.1 Å². The van der Waals surface area contributed by atoms with E-state index in [0.29, 0.717) is 51.8 Å². The molecule has 0 bridgehead atoms. The lowest BCUT2D eigenvalue weighted by Crippen LogP contribution is -2.51. The standard InChI is InChI=1S/C20H21F6N7O2/c21-19(22,23)12-8-13(29-30-18(12)35)14-2-1-3-33(14)11-17(34)32-6-4-31(5-7-32)16-10-27-15(9-28-16)20(24,25)26/h8-10,14H,1-7,11H2,(H,30,35). The molecule has 2 aromatic rings. The van der Waals surface area contributed by atoms with Crippen molar-refractivity contribution in [3.63, 3.8) is 0 Å². The molecule has 1 unspecified atom stereocenters. The summed E-state index contributed by atoms with van der Waals surface area (Å²) in [5.41, 5.74) is -3.69. The zero-order valence-corrected chi connectivity index (χ0v) is 18.2. The summed E-state index contributed by atoms with van der Waals surface area (Å²) in [7, 11) is 0. The van der Waals surface area contributed by atoms with Crippen LogP contribution in [0.2, 0.25) is 0 Å². The van der Waals surface area contributed by atoms with Gasteiger partial charge >= 0.3 is 12.4 Å². The summed E-state index contributed by atoms with van der Waals surface area (Å²) < 4.78 is 77.3. The lowest BCUT2D eigenvalue weighted by Gasteiger charge is -2.36. The van der Waals surface area contributed by atoms with E-state index in [1.54, 1.807) is 14.7 Å². The molecule has 190 valence electrons. The van der Waals surface area contributed by atoms with Crippen molar-refractivity contribution in [3.8, 4) is 0 Å². The minimum absolute atomic E-state index is 0.0348. The maximum atomic E-state index is 13.1. The second-order valence-electron chi connectivity index (χ2n) is 8.29. The van der Waals surface area contributed by atoms with Gasteiger partial charge in [-0.2, -0.15) is 31.4 Å². The van der Waals surface area contributed by atoms with Gasteiger partial charge in [-0.1, -0.05) is 0 Å². The van der Waals surface area contributed by atoms with Gasteiger partial charge in [0, 0.05) is 26.2 Å². The number of carbonyl (C=O) groups excluding carboxylic acids is 1. The van der Waals surface area contributed by atoms with Crippen LogP contribution in [0.15, 0.2) is 23.3 Å². The molecule has 4 rings (SSSR count). The van der Waals surface area contributed by atoms with E-state index < -0.39 is 35.2 Å². The van der Waals surface area contributed by atoms with Gasteiger partial charge in [-0.05, 0) is 25.5 Å². The number of alkyl halides is 6. The molecule has 1 atom stereocenters. The van der Waals surface area contributed by atoms with Gasteiger partial charge in [0.05, 0.1) is 30.7 Å². The highest BCUT2D eigenvalue weighted by atomic mass is 19.4. The molecule has 0 saturated carbocycles. The molecule has 2 aliphatic heterocycles. The van der Waals surface area contributed by atoms with E-state index in [1.807, 2.05) is 5.10 Å². The van der Waals surface area contributed by atoms with Gasteiger partial charge in [0.15, 0.2) is 5.69 Å². The smallest absolute Gasteiger partial charge is 0.352 e. The van der Waals surface area contributed by atoms with E-state index in [2.05, 4.69) is 15.1 Å². The Morgan fingerprint density at radius 1 is 1.00 bits per heavy atom. The second-order valence-corrected chi connectivity index (χ2v) is 8.29. The quantitative estimate of drug-likeness (QED) is 0.636. The fourth-order valence-corrected chi connectivity index (χ4v) is 4.24. The predicted octanol–water partition coefficient (Wildman–Crippen LogP) is 2.08. The number of carbonyl (C=O) groups is 1. The van der Waals surface area contributed by atoms with Gasteiger partial charge in [-0.15, -0.1) is 0 Å². The van der Waals surface area contributed by atoms with Crippen LogP contribution in [-0.2, 0) is 17.1 Å². The highest BCUT2D eigenvalue weighted by Crippen LogP contribution is 2.33. The Morgan fingerprint density at radius 2 is 1.71 bits per heavy atom. The maximum absolute atomic E-state index is 13.1. The number of anilines is 1. The Morgan fingerprint density at radius 3 is 2.31 bits per heavy atom. The molecule has 2 saturated heterocycles. The monoisotopic (exact) mass is 505 g/mol. The number of piperazine rings is 1. The molecule has 4 heterocycles. The van der Waals surface area contributed by atoms with E-state index >= 15 is 0 Å². The number of nitrogens with zero attached hydrogens (tertiary/aromatic N) is 6. The molecule has 2 aliphatic rings. The first-order valence-corrected chi connectivity index (χ1v) is 10.8. The number of H-pyrrole nitrogens is 1. The van der Waals surface area contributed by atoms with Gasteiger partial charge < -0.3 is 9.80 Å². The number of amides is 1. The summed E-state index contributed by atoms with van der Waals surface area (Å²) in [5.74, 6) is 0.0462. The third kappa shape index (κ3) is 5.55. The second kappa shape index (κ2) is 9.43. The van der Waals surface area contributed by atoms with Crippen molar-refractivity contribution in [2.45, 2.75) is 31.2 Å². The Bertz CT molecular complexity index is 1110. The summed E-state index contributed by atoms with van der Waals surface area (Å²) >= 11 is 0. The van der Waals surface area contributed by atoms with Crippen LogP contribution in [-0.4, -0.2) is 75.1 Å². The number of nitrogens with one attached hydrogen (secondary N) is 1. The minimum atomic E-state index is -4.82. The molecule has 1 N–H and O–H groups in total. The lowest BCUT2D eigenvalue weighted by atomic mass is 10.1. The number of aromatic nitrogens is 4. The topological polar surface area (TPSA) is 98.3 Å². The molecular formula is C20H21F6N7O2. The van der Waals surface area contributed by atoms with Gasteiger partial charge in [0.1, 0.15) is 11.4 Å². The van der Waals surface area contributed by atoms with Crippen molar-refractivity contribution in [2.24, 2.45) is 0 Å². The highest BCUT2D eigenvalue weighted by molar-refractivity contribution is 5.78. The van der Waals surface area contributed by atoms with Crippen molar-refractivity contribution >= 4 is 11.7 Å². The fraction of sp³-hybridized carbons (Fsp3) is 0.550. The van der Waals surface area contributed by atoms with Gasteiger partial charge in [-0.3, -0.25) is 14.5 Å². The Labute approximate surface area is 194 Å². The Kier molecular flexibility index (Phi) is 6.71. The molecule has 0 spiro atoms. The third-order valence-electron chi connectivity index (χ3n) is 6.06. The summed E-state index contributed by atoms with van der Waals surface area (Å²) in [6.07, 6.45) is -6.55. The zero-order chi connectivity index (χ0) is 25.4. The number of likely N-dealkylation sites (tertiary alicyclic amines) is 1. The summed E-state index contributed by atoms with van der Waals surface area (Å²) in [4.78, 5) is 36.6. The molecular weight excluding hydrogens is 484 g/mol. The molecule has 0 radical (unpaired) electrons. The van der Waals surface area contributed by atoms with Crippen molar-refractivity contribution in [3.05, 3.63) is 45.8 Å². The van der Waals surface area contributed by atoms with E-state index in [9.17, 15) is 35.9 Å². The molecule has 2 fully saturated rings. The number of aromatic amines is 1. The summed E-state index contributed by atoms with van der Waals surface area (Å²) in [5, 5.41) is 5.67. The van der Waals surface area contributed by atoms with Crippen molar-refractivity contribution < 1.29 is 31.1 Å². The SMILES string of the molecule is O=C(CN1CCCC1c1cc(C(F)(F)F)c(=O)[nH]n1)N1CCN(c2cnc(C(F)(F)F)cn2)CC1. The number of rotatable bonds is 4. The van der Waals surface area contributed by atoms with Crippen LogP contribution in [0.4, 0.5) is 32.2 Å². The number of halogens is 6. The third-order valence-corrected chi connectivity index (χ3v) is 6.06. The van der Waals surface area contributed by atoms with Gasteiger partial charge in [0.25, 0.3) is 5.56 Å². The number of hydrogen-bond acceptors (Lipinski definition) is 7. The van der Waals surface area contributed by atoms with Crippen LogP contribution in [0.3, 0.4) is 0 Å². The van der Waals surface area contributed by atoms with Crippen molar-refractivity contribution in [2.75, 3.05) is 44.2 Å². The van der Waals surface area contributed by atoms with Crippen molar-refractivity contribution in [1.82, 2.24) is 30.0 Å². The maximum Gasteiger partial charge on any atom is 0.434 e. The summed E-state index contributed by atoms with van der Waals surface area (Å²) in [6.45, 7) is 1.73. The average Bonchev–Trinajstić information content (AvgIpc) is 3.26. The minimum Gasteiger partial charge on any atom is -0.352 e. The number of hydrogen-bond donors (Lipinski definition) is 1. The highest BCUT2D eigenvalue weighted by Gasteiger charge is 2.37. The van der Waals surface area contributed by atoms with Crippen LogP contribution in [0, 0.1) is 0 Å². The molecule has 35 heavy (non-hydrogen) atoms. The fourth-order valence-electron chi connectivity index (χ4n) is 4.24. The zero-order valence-electron chi connectivity index (χ0n) is 18.2. The van der Waals surface area contributed by atoms with Crippen LogP contribution in [0.5, 0.6) is 0 Å². The predicted molar refractivity (Wildman–Crippen MR) is 109 cm³/mol. The largest absolute Gasteiger partial charge is 0.434 e. The Balaban J connectivity index is 1.36. The van der Waals surface area contributed by atoms with E-state index in [-0.39, 0.29) is 24.0 Å². The molecule has 2 aromatic heterocycles. The molecule has 15 heteroatoms. The van der Waals surface area contributed by atoms with E-state index in [4.69, 9.17) is 0 Å². The van der Waals surface area contributed by atoms with E-state index in [1.165, 1.54) is 0 Å². The van der Waals surface area contributed by atoms with Crippen LogP contribution < -0.4 is 10.5 Å². The molecule has 9 nitrogen and oxygen atoms in total. The van der Waals surface area contributed by atoms with Gasteiger partial charge in [0.2, 0.25) is 5.91 Å². The average molecular weight is 505 g/mol. The van der Waals surface area contributed by atoms with Crippen LogP contribution >= 0.6 is 0 Å². The van der Waals surface area contributed by atoms with Crippen molar-refractivity contribution in [1.29, 1.82) is 0 Å². The van der Waals surface area contributed by atoms with E-state index in [0.717, 1.165) is 12.3 Å². The molecule has 0 aromatic carbocycles. The lowest BCUT2D eigenvalue weighted by molar-refractivity contribution is -0.141. The van der Waals surface area contributed by atoms with Crippen LogP contribution in [0.25, 0.3) is 0 Å². The summed E-state index contributed by atoms with van der Waals surface area (Å²) in [6, 6.07) is 0.191.